The van der Waals surface area contributed by atoms with Crippen molar-refractivity contribution in [2.45, 2.75) is 45.8 Å². The number of aliphatic hydroxyl groups excluding tert-OH is 1. The maximum absolute atomic E-state index is 8.92. The molecule has 1 aromatic rings. The van der Waals surface area contributed by atoms with E-state index in [-0.39, 0.29) is 6.61 Å². The van der Waals surface area contributed by atoms with Gasteiger partial charge in [0.25, 0.3) is 0 Å². The molecule has 1 N–H and O–H groups in total. The highest BCUT2D eigenvalue weighted by Gasteiger charge is 2.22. The van der Waals surface area contributed by atoms with E-state index in [1.807, 2.05) is 0 Å². The summed E-state index contributed by atoms with van der Waals surface area (Å²) in [6.07, 6.45) is 4.90. The highest BCUT2D eigenvalue weighted by atomic mass is 16.3. The van der Waals surface area contributed by atoms with Gasteiger partial charge in [0.1, 0.15) is 12.0 Å². The van der Waals surface area contributed by atoms with Crippen molar-refractivity contribution >= 4 is 0 Å². The molecule has 4 nitrogen and oxygen atoms in total. The summed E-state index contributed by atoms with van der Waals surface area (Å²) in [5.41, 5.74) is 0.639. The molecule has 96 valence electrons. The SMILES string of the molecule is CC(C)N1CCC(Cc2nc(CO)co2)CC1. The molecule has 0 aromatic carbocycles. The van der Waals surface area contributed by atoms with Gasteiger partial charge < -0.3 is 14.4 Å². The highest BCUT2D eigenvalue weighted by molar-refractivity contribution is 4.96. The lowest BCUT2D eigenvalue weighted by Gasteiger charge is -2.34. The van der Waals surface area contributed by atoms with Crippen molar-refractivity contribution in [3.05, 3.63) is 17.8 Å². The first-order valence-electron chi connectivity index (χ1n) is 6.47. The zero-order valence-corrected chi connectivity index (χ0v) is 10.7. The summed E-state index contributed by atoms with van der Waals surface area (Å²) >= 11 is 0. The Balaban J connectivity index is 1.81. The minimum atomic E-state index is -0.0324. The molecule has 2 rings (SSSR count). The second kappa shape index (κ2) is 5.65. The van der Waals surface area contributed by atoms with Gasteiger partial charge in [0, 0.05) is 12.5 Å². The molecular formula is C13H22N2O2. The van der Waals surface area contributed by atoms with Crippen molar-refractivity contribution in [1.29, 1.82) is 0 Å². The van der Waals surface area contributed by atoms with Crippen LogP contribution in [-0.2, 0) is 13.0 Å². The molecule has 4 heteroatoms. The number of piperidine rings is 1. The third-order valence-corrected chi connectivity index (χ3v) is 3.60. The molecule has 1 aliphatic heterocycles. The van der Waals surface area contributed by atoms with Crippen molar-refractivity contribution in [3.8, 4) is 0 Å². The fraction of sp³-hybridized carbons (Fsp3) is 0.769. The Morgan fingerprint density at radius 1 is 1.47 bits per heavy atom. The Morgan fingerprint density at radius 2 is 2.18 bits per heavy atom. The summed E-state index contributed by atoms with van der Waals surface area (Å²) in [7, 11) is 0. The van der Waals surface area contributed by atoms with Crippen LogP contribution >= 0.6 is 0 Å². The first kappa shape index (κ1) is 12.6. The molecule has 1 aliphatic rings. The van der Waals surface area contributed by atoms with E-state index in [1.54, 1.807) is 6.26 Å². The molecule has 0 saturated carbocycles. The molecule has 0 atom stereocenters. The van der Waals surface area contributed by atoms with Crippen molar-refractivity contribution in [2.24, 2.45) is 5.92 Å². The summed E-state index contributed by atoms with van der Waals surface area (Å²) in [6.45, 7) is 6.82. The average molecular weight is 238 g/mol. The van der Waals surface area contributed by atoms with Crippen LogP contribution in [0.25, 0.3) is 0 Å². The van der Waals surface area contributed by atoms with Crippen molar-refractivity contribution < 1.29 is 9.52 Å². The minimum Gasteiger partial charge on any atom is -0.449 e. The number of aliphatic hydroxyl groups is 1. The van der Waals surface area contributed by atoms with Gasteiger partial charge >= 0.3 is 0 Å². The molecule has 1 aromatic heterocycles. The summed E-state index contributed by atoms with van der Waals surface area (Å²) in [5, 5.41) is 8.92. The fourth-order valence-corrected chi connectivity index (χ4v) is 2.44. The number of nitrogens with zero attached hydrogens (tertiary/aromatic N) is 2. The van der Waals surface area contributed by atoms with Crippen molar-refractivity contribution in [1.82, 2.24) is 9.88 Å². The summed E-state index contributed by atoms with van der Waals surface area (Å²) in [6, 6.07) is 0.652. The van der Waals surface area contributed by atoms with Crippen LogP contribution < -0.4 is 0 Å². The largest absolute Gasteiger partial charge is 0.449 e. The van der Waals surface area contributed by atoms with E-state index in [2.05, 4.69) is 23.7 Å². The van der Waals surface area contributed by atoms with Crippen LogP contribution in [0.15, 0.2) is 10.7 Å². The standard InChI is InChI=1S/C13H22N2O2/c1-10(2)15-5-3-11(4-6-15)7-13-14-12(8-16)9-17-13/h9-11,16H,3-8H2,1-2H3. The third kappa shape index (κ3) is 3.30. The smallest absolute Gasteiger partial charge is 0.194 e. The topological polar surface area (TPSA) is 49.5 Å². The molecule has 1 saturated heterocycles. The zero-order valence-electron chi connectivity index (χ0n) is 10.7. The molecule has 0 bridgehead atoms. The molecule has 17 heavy (non-hydrogen) atoms. The third-order valence-electron chi connectivity index (χ3n) is 3.60. The Morgan fingerprint density at radius 3 is 2.71 bits per heavy atom. The van der Waals surface area contributed by atoms with E-state index in [4.69, 9.17) is 9.52 Å². The summed E-state index contributed by atoms with van der Waals surface area (Å²) < 4.78 is 5.35. The number of rotatable bonds is 4. The number of oxazole rings is 1. The maximum Gasteiger partial charge on any atom is 0.194 e. The van der Waals surface area contributed by atoms with Gasteiger partial charge in [-0.15, -0.1) is 0 Å². The van der Waals surface area contributed by atoms with E-state index in [1.165, 1.54) is 25.9 Å². The predicted molar refractivity (Wildman–Crippen MR) is 65.6 cm³/mol. The summed E-state index contributed by atoms with van der Waals surface area (Å²) in [5.74, 6) is 1.45. The van der Waals surface area contributed by atoms with Crippen LogP contribution in [0.2, 0.25) is 0 Å². The van der Waals surface area contributed by atoms with Gasteiger partial charge in [0.2, 0.25) is 0 Å². The first-order valence-corrected chi connectivity index (χ1v) is 6.47. The molecule has 1 fully saturated rings. The molecule has 0 spiro atoms. The highest BCUT2D eigenvalue weighted by Crippen LogP contribution is 2.22. The number of hydrogen-bond acceptors (Lipinski definition) is 4. The van der Waals surface area contributed by atoms with Gasteiger partial charge in [-0.3, -0.25) is 0 Å². The zero-order chi connectivity index (χ0) is 12.3. The maximum atomic E-state index is 8.92. The van der Waals surface area contributed by atoms with Gasteiger partial charge in [0.05, 0.1) is 6.61 Å². The van der Waals surface area contributed by atoms with E-state index >= 15 is 0 Å². The monoisotopic (exact) mass is 238 g/mol. The molecule has 2 heterocycles. The van der Waals surface area contributed by atoms with Crippen LogP contribution in [0.1, 0.15) is 38.3 Å². The van der Waals surface area contributed by atoms with Gasteiger partial charge in [-0.1, -0.05) is 0 Å². The Labute approximate surface area is 103 Å². The normalized spacial score (nSPS) is 19.1. The lowest BCUT2D eigenvalue weighted by molar-refractivity contribution is 0.146. The van der Waals surface area contributed by atoms with E-state index in [0.717, 1.165) is 12.3 Å². The number of likely N-dealkylation sites (tertiary alicyclic amines) is 1. The second-order valence-corrected chi connectivity index (χ2v) is 5.17. The van der Waals surface area contributed by atoms with E-state index in [0.29, 0.717) is 17.7 Å². The first-order chi connectivity index (χ1) is 8.19. The lowest BCUT2D eigenvalue weighted by atomic mass is 9.93. The number of hydrogen-bond donors (Lipinski definition) is 1. The molecule has 0 aliphatic carbocycles. The van der Waals surface area contributed by atoms with Gasteiger partial charge in [0.15, 0.2) is 5.89 Å². The van der Waals surface area contributed by atoms with Crippen LogP contribution in [0, 0.1) is 5.92 Å². The molecule has 0 unspecified atom stereocenters. The van der Waals surface area contributed by atoms with Crippen molar-refractivity contribution in [3.63, 3.8) is 0 Å². The second-order valence-electron chi connectivity index (χ2n) is 5.17. The molecule has 0 radical (unpaired) electrons. The Kier molecular flexibility index (Phi) is 4.18. The van der Waals surface area contributed by atoms with Crippen LogP contribution in [-0.4, -0.2) is 34.1 Å². The Hall–Kier alpha value is -0.870. The summed E-state index contributed by atoms with van der Waals surface area (Å²) in [4.78, 5) is 6.77. The van der Waals surface area contributed by atoms with Gasteiger partial charge in [-0.25, -0.2) is 4.98 Å². The fourth-order valence-electron chi connectivity index (χ4n) is 2.44. The quantitative estimate of drug-likeness (QED) is 0.869. The minimum absolute atomic E-state index is 0.0324. The lowest BCUT2D eigenvalue weighted by Crippen LogP contribution is -2.38. The van der Waals surface area contributed by atoms with E-state index in [9.17, 15) is 0 Å². The number of aromatic nitrogens is 1. The van der Waals surface area contributed by atoms with Crippen molar-refractivity contribution in [2.75, 3.05) is 13.1 Å². The molecule has 0 amide bonds. The van der Waals surface area contributed by atoms with E-state index < -0.39 is 0 Å². The van der Waals surface area contributed by atoms with Crippen LogP contribution in [0.5, 0.6) is 0 Å². The molecular weight excluding hydrogens is 216 g/mol. The Bertz CT molecular complexity index is 341. The average Bonchev–Trinajstić information content (AvgIpc) is 2.77. The van der Waals surface area contributed by atoms with Crippen LogP contribution in [0.4, 0.5) is 0 Å². The van der Waals surface area contributed by atoms with Crippen LogP contribution in [0.3, 0.4) is 0 Å². The van der Waals surface area contributed by atoms with Gasteiger partial charge in [-0.2, -0.15) is 0 Å². The predicted octanol–water partition coefficient (Wildman–Crippen LogP) is 1.83. The van der Waals surface area contributed by atoms with Gasteiger partial charge in [-0.05, 0) is 45.7 Å².